The van der Waals surface area contributed by atoms with E-state index in [-0.39, 0.29) is 109 Å². The number of benzene rings is 2. The highest BCUT2D eigenvalue weighted by molar-refractivity contribution is 8.00. The first-order chi connectivity index (χ1) is 39.1. The molecule has 4 aromatic heterocycles. The third-order valence-corrected chi connectivity index (χ3v) is 14.4. The number of nitrogens with zero attached hydrogens (tertiary/aromatic N) is 10. The maximum atomic E-state index is 14.0. The normalized spacial score (nSPS) is 14.1. The summed E-state index contributed by atoms with van der Waals surface area (Å²) in [5, 5.41) is 35.3. The number of rotatable bonds is 28. The molecule has 29 nitrogen and oxygen atoms in total. The van der Waals surface area contributed by atoms with Gasteiger partial charge in [-0.05, 0) is 70.5 Å². The summed E-state index contributed by atoms with van der Waals surface area (Å²) in [5.41, 5.74) is 20.2. The van der Waals surface area contributed by atoms with Crippen LogP contribution in [0, 0.1) is 13.8 Å². The van der Waals surface area contributed by atoms with Crippen molar-refractivity contribution in [3.05, 3.63) is 82.5 Å². The van der Waals surface area contributed by atoms with Crippen LogP contribution in [-0.2, 0) is 50.2 Å². The summed E-state index contributed by atoms with van der Waals surface area (Å²) in [7, 11) is 2.86. The van der Waals surface area contributed by atoms with Crippen molar-refractivity contribution in [3.63, 3.8) is 0 Å². The zero-order chi connectivity index (χ0) is 59.7. The summed E-state index contributed by atoms with van der Waals surface area (Å²) < 4.78 is 18.4. The zero-order valence-corrected chi connectivity index (χ0v) is 46.7. The highest BCUT2D eigenvalue weighted by Crippen LogP contribution is 2.34. The lowest BCUT2D eigenvalue weighted by atomic mass is 10.1. The van der Waals surface area contributed by atoms with Gasteiger partial charge in [-0.15, -0.1) is 11.8 Å². The van der Waals surface area contributed by atoms with Crippen molar-refractivity contribution in [1.82, 2.24) is 53.8 Å². The van der Waals surface area contributed by atoms with Gasteiger partial charge in [0.15, 0.2) is 0 Å². The molecule has 5 heterocycles. The number of thioether (sulfide) groups is 1. The van der Waals surface area contributed by atoms with Crippen molar-refractivity contribution in [3.8, 4) is 11.5 Å². The van der Waals surface area contributed by atoms with Crippen LogP contribution in [-0.4, -0.2) is 175 Å². The molecule has 0 radical (unpaired) electrons. The molecule has 1 saturated heterocycles. The van der Waals surface area contributed by atoms with Crippen molar-refractivity contribution in [2.75, 3.05) is 56.8 Å². The lowest BCUT2D eigenvalue weighted by molar-refractivity contribution is -0.140. The molecular formula is C52H64N16O13S. The third kappa shape index (κ3) is 13.7. The number of likely N-dealkylation sites (N-methyl/N-ethyl adjacent to an activating group) is 1. The van der Waals surface area contributed by atoms with E-state index in [1.165, 1.54) is 48.0 Å². The van der Waals surface area contributed by atoms with Gasteiger partial charge in [-0.25, -0.2) is 9.97 Å². The fourth-order valence-corrected chi connectivity index (χ4v) is 10.1. The number of carboxylic acids is 1. The third-order valence-electron chi connectivity index (χ3n) is 13.1. The number of carbonyl (C=O) groups is 9. The van der Waals surface area contributed by atoms with Gasteiger partial charge in [0.25, 0.3) is 11.8 Å². The largest absolute Gasteiger partial charge is 0.494 e. The highest BCUT2D eigenvalue weighted by Gasteiger charge is 2.39. The van der Waals surface area contributed by atoms with Crippen LogP contribution in [0.5, 0.6) is 11.5 Å². The number of nitrogens with two attached hydrogens (primary N) is 3. The van der Waals surface area contributed by atoms with E-state index in [4.69, 9.17) is 36.8 Å². The van der Waals surface area contributed by atoms with E-state index >= 15 is 0 Å². The van der Waals surface area contributed by atoms with Gasteiger partial charge in [-0.3, -0.25) is 68.0 Å². The molecule has 11 N–H and O–H groups in total. The number of anilines is 2. The van der Waals surface area contributed by atoms with E-state index in [9.17, 15) is 48.3 Å². The maximum Gasteiger partial charge on any atom is 0.321 e. The number of aliphatic carboxylic acids is 1. The number of ether oxygens (including phenoxy) is 2. The topological polar surface area (TPSA) is 404 Å². The van der Waals surface area contributed by atoms with Crippen LogP contribution in [0.4, 0.5) is 11.9 Å². The van der Waals surface area contributed by atoms with Crippen molar-refractivity contribution >= 4 is 99.0 Å². The Balaban J connectivity index is 1.11. The number of hydrogen-bond acceptors (Lipinski definition) is 18. The molecule has 6 aromatic rings. The number of nitrogens with one attached hydrogen (secondary N) is 3. The lowest BCUT2D eigenvalue weighted by Gasteiger charge is -2.24. The van der Waals surface area contributed by atoms with Crippen LogP contribution in [0.15, 0.2) is 48.6 Å². The molecule has 1 fully saturated rings. The van der Waals surface area contributed by atoms with Crippen molar-refractivity contribution < 1.29 is 62.8 Å². The summed E-state index contributed by atoms with van der Waals surface area (Å²) >= 11 is 0.935. The number of carboxylic acid groups (broad SMARTS) is 1. The SMILES string of the molecule is CCn1nc(C)cc1C(=O)Nc1nc2cc(C(N)=O)cc(OC)c2n1C/C=C/Cn1c(NC(=O)c2cc(C)nn2CC)nc2cc(C(N)=O)cc(OCCCN(C)C(=O)[C@H](CO)NC(=O)CCN3C(=O)CC(SC[C@H](N)C(=O)O)C3=O)c21. The number of methoxy groups -OCH3 is 1. The molecule has 2 aromatic carbocycles. The quantitative estimate of drug-likeness (QED) is 0.0191. The number of imidazole rings is 2. The average Bonchev–Trinajstić information content (AvgIpc) is 4.44. The molecule has 1 aliphatic heterocycles. The molecule has 82 heavy (non-hydrogen) atoms. The first-order valence-corrected chi connectivity index (χ1v) is 26.9. The Labute approximate surface area is 472 Å². The molecule has 0 aliphatic carbocycles. The second kappa shape index (κ2) is 26.4. The summed E-state index contributed by atoms with van der Waals surface area (Å²) in [4.78, 5) is 127. The number of aliphatic hydroxyl groups excluding tert-OH is 1. The molecule has 0 bridgehead atoms. The Morgan fingerprint density at radius 2 is 1.35 bits per heavy atom. The van der Waals surface area contributed by atoms with Crippen LogP contribution in [0.1, 0.15) is 86.2 Å². The number of aryl methyl sites for hydroxylation is 4. The predicted molar refractivity (Wildman–Crippen MR) is 298 cm³/mol. The molecule has 7 rings (SSSR count). The fraction of sp³-hybridized carbons (Fsp3) is 0.404. The lowest BCUT2D eigenvalue weighted by Crippen LogP contribution is -2.50. The van der Waals surface area contributed by atoms with E-state index in [0.29, 0.717) is 41.0 Å². The van der Waals surface area contributed by atoms with Gasteiger partial charge < -0.3 is 56.2 Å². The van der Waals surface area contributed by atoms with Gasteiger partial charge in [0.2, 0.25) is 47.3 Å². The zero-order valence-electron chi connectivity index (χ0n) is 45.8. The summed E-state index contributed by atoms with van der Waals surface area (Å²) in [6.45, 7) is 6.96. The second-order valence-corrected chi connectivity index (χ2v) is 20.2. The van der Waals surface area contributed by atoms with Gasteiger partial charge in [-0.2, -0.15) is 10.2 Å². The minimum absolute atomic E-state index is 0.0101. The molecule has 3 atom stereocenters. The van der Waals surface area contributed by atoms with E-state index in [0.717, 1.165) is 16.7 Å². The number of hydrogen-bond donors (Lipinski definition) is 8. The molecule has 1 aliphatic rings. The number of fused-ring (bicyclic) bond motifs is 2. The number of aromatic nitrogens is 8. The molecule has 30 heteroatoms. The number of imide groups is 1. The predicted octanol–water partition coefficient (Wildman–Crippen LogP) is 0.770. The Morgan fingerprint density at radius 3 is 1.84 bits per heavy atom. The molecule has 1 unspecified atom stereocenters. The Kier molecular flexibility index (Phi) is 19.5. The average molecular weight is 1150 g/mol. The van der Waals surface area contributed by atoms with E-state index in [1.807, 2.05) is 13.8 Å². The number of likely N-dealkylation sites (tertiary alicyclic amines) is 1. The van der Waals surface area contributed by atoms with E-state index in [2.05, 4.69) is 31.1 Å². The molecule has 436 valence electrons. The van der Waals surface area contributed by atoms with Crippen LogP contribution >= 0.6 is 11.8 Å². The van der Waals surface area contributed by atoms with Crippen LogP contribution in [0.25, 0.3) is 22.1 Å². The molecule has 0 spiro atoms. The number of allylic oxidation sites excluding steroid dienone is 2. The highest BCUT2D eigenvalue weighted by atomic mass is 32.2. The van der Waals surface area contributed by atoms with Crippen molar-refractivity contribution in [2.24, 2.45) is 17.2 Å². The standard InChI is InChI=1S/C52H64N16O13S/c1-7-67-35(18-27(3)61-67)46(74)59-51-57-32-20-29(44(54)72)22-37(80-6)42(32)65(51)14-9-10-15-66-43-33(58-52(66)60-47(75)36-19-28(4)62-68(36)8-2)21-30(45(55)73)23-38(43)81-17-11-13-63(5)48(76)34(25-69)56-40(70)12-16-64-41(71)24-39(49(64)77)82-26-31(53)50(78)79/h9-10,18-23,31,34,39,69H,7-8,11-17,24-26,53H2,1-6H3,(H2,54,72)(H2,55,73)(H,56,70)(H,78,79)(H,57,59,74)(H,58,60,75)/b10-9+/t31-,34-,39?/m0/s1. The Morgan fingerprint density at radius 1 is 0.829 bits per heavy atom. The number of carbonyl (C=O) groups excluding carboxylic acids is 8. The first-order valence-electron chi connectivity index (χ1n) is 25.9. The molecule has 8 amide bonds. The van der Waals surface area contributed by atoms with Crippen molar-refractivity contribution in [2.45, 2.75) is 90.5 Å². The monoisotopic (exact) mass is 1150 g/mol. The number of aliphatic hydroxyl groups is 1. The fourth-order valence-electron chi connectivity index (χ4n) is 9.02. The smallest absolute Gasteiger partial charge is 0.321 e. The second-order valence-electron chi connectivity index (χ2n) is 18.9. The number of primary amides is 2. The minimum atomic E-state index is -1.39. The summed E-state index contributed by atoms with van der Waals surface area (Å²) in [5.74, 6) is -5.93. The van der Waals surface area contributed by atoms with Gasteiger partial charge in [-0.1, -0.05) is 12.2 Å². The Hall–Kier alpha value is -9.16. The van der Waals surface area contributed by atoms with E-state index < -0.39 is 77.2 Å². The van der Waals surface area contributed by atoms with E-state index in [1.54, 1.807) is 51.9 Å². The summed E-state index contributed by atoms with van der Waals surface area (Å²) in [6.07, 6.45) is 3.11. The van der Waals surface area contributed by atoms with Gasteiger partial charge in [0.05, 0.1) is 48.0 Å². The molecular weight excluding hydrogens is 1090 g/mol. The van der Waals surface area contributed by atoms with Crippen LogP contribution in [0.3, 0.4) is 0 Å². The Bertz CT molecular complexity index is 3510. The van der Waals surface area contributed by atoms with Crippen LogP contribution in [0.2, 0.25) is 0 Å². The minimum Gasteiger partial charge on any atom is -0.494 e. The first kappa shape index (κ1) is 60.5. The molecule has 0 saturated carbocycles. The van der Waals surface area contributed by atoms with Crippen molar-refractivity contribution in [1.29, 1.82) is 0 Å². The number of amides is 8. The van der Waals surface area contributed by atoms with Gasteiger partial charge in [0.1, 0.15) is 46.0 Å². The van der Waals surface area contributed by atoms with Gasteiger partial charge >= 0.3 is 5.97 Å². The van der Waals surface area contributed by atoms with Gasteiger partial charge in [0, 0.05) is 76.0 Å². The van der Waals surface area contributed by atoms with Crippen LogP contribution < -0.4 is 42.6 Å². The summed E-state index contributed by atoms with van der Waals surface area (Å²) in [6, 6.07) is 6.46. The maximum absolute atomic E-state index is 14.0.